The van der Waals surface area contributed by atoms with Crippen LogP contribution in [0, 0.1) is 6.92 Å². The van der Waals surface area contributed by atoms with Gasteiger partial charge in [-0.25, -0.2) is 4.98 Å². The fourth-order valence-corrected chi connectivity index (χ4v) is 2.05. The molecule has 0 bridgehead atoms. The van der Waals surface area contributed by atoms with Gasteiger partial charge in [-0.2, -0.15) is 0 Å². The van der Waals surface area contributed by atoms with Crippen LogP contribution in [-0.4, -0.2) is 33.8 Å². The Kier molecular flexibility index (Phi) is 3.36. The maximum absolute atomic E-state index is 12.4. The van der Waals surface area contributed by atoms with Crippen molar-refractivity contribution < 1.29 is 4.79 Å². The molecule has 0 radical (unpaired) electrons. The van der Waals surface area contributed by atoms with E-state index in [1.54, 1.807) is 4.90 Å². The Hall–Kier alpha value is -1.84. The lowest BCUT2D eigenvalue weighted by molar-refractivity contribution is 0.0794. The second kappa shape index (κ2) is 4.80. The number of hydrogen-bond acceptors (Lipinski definition) is 2. The number of amides is 1. The Balaban J connectivity index is 2.68. The third-order valence-electron chi connectivity index (χ3n) is 3.28. The van der Waals surface area contributed by atoms with Gasteiger partial charge in [0.15, 0.2) is 0 Å². The number of aryl methyl sites for hydroxylation is 2. The van der Waals surface area contributed by atoms with Crippen LogP contribution in [0.15, 0.2) is 18.3 Å². The van der Waals surface area contributed by atoms with Crippen LogP contribution in [-0.2, 0) is 6.42 Å². The molecule has 0 saturated heterocycles. The summed E-state index contributed by atoms with van der Waals surface area (Å²) < 4.78 is 1.91. The molecule has 0 spiro atoms. The highest BCUT2D eigenvalue weighted by Crippen LogP contribution is 2.17. The largest absolute Gasteiger partial charge is 0.341 e. The normalized spacial score (nSPS) is 10.9. The topological polar surface area (TPSA) is 37.6 Å². The standard InChI is InChI=1S/C14H19N3O/c1-5-11-12(14(18)16(4)6-2)17-9-7-8-10(3)13(17)15-11/h7-9H,5-6H2,1-4H3. The van der Waals surface area contributed by atoms with Crippen LogP contribution in [0.25, 0.3) is 5.65 Å². The molecular formula is C14H19N3O. The summed E-state index contributed by atoms with van der Waals surface area (Å²) in [6, 6.07) is 3.96. The number of carbonyl (C=O) groups is 1. The van der Waals surface area contributed by atoms with Crippen molar-refractivity contribution in [3.63, 3.8) is 0 Å². The van der Waals surface area contributed by atoms with Gasteiger partial charge in [-0.3, -0.25) is 9.20 Å². The Morgan fingerprint density at radius 3 is 2.78 bits per heavy atom. The van der Waals surface area contributed by atoms with E-state index in [2.05, 4.69) is 4.98 Å². The van der Waals surface area contributed by atoms with Gasteiger partial charge in [0.1, 0.15) is 11.3 Å². The summed E-state index contributed by atoms with van der Waals surface area (Å²) in [7, 11) is 1.82. The van der Waals surface area contributed by atoms with E-state index in [0.29, 0.717) is 12.2 Å². The molecule has 2 rings (SSSR count). The van der Waals surface area contributed by atoms with Crippen molar-refractivity contribution in [2.45, 2.75) is 27.2 Å². The molecule has 96 valence electrons. The molecule has 2 heterocycles. The Morgan fingerprint density at radius 2 is 2.17 bits per heavy atom. The van der Waals surface area contributed by atoms with Crippen molar-refractivity contribution in [1.29, 1.82) is 0 Å². The fraction of sp³-hybridized carbons (Fsp3) is 0.429. The van der Waals surface area contributed by atoms with E-state index < -0.39 is 0 Å². The summed E-state index contributed by atoms with van der Waals surface area (Å²) in [5.41, 5.74) is 3.53. The number of rotatable bonds is 3. The molecule has 2 aromatic heterocycles. The van der Waals surface area contributed by atoms with Crippen molar-refractivity contribution in [1.82, 2.24) is 14.3 Å². The summed E-state index contributed by atoms with van der Waals surface area (Å²) in [6.07, 6.45) is 2.67. The summed E-state index contributed by atoms with van der Waals surface area (Å²) >= 11 is 0. The first-order valence-electron chi connectivity index (χ1n) is 6.32. The predicted molar refractivity (Wildman–Crippen MR) is 71.9 cm³/mol. The SMILES string of the molecule is CCc1nc2c(C)cccn2c1C(=O)N(C)CC. The number of aromatic nitrogens is 2. The van der Waals surface area contributed by atoms with Gasteiger partial charge in [-0.15, -0.1) is 0 Å². The highest BCUT2D eigenvalue weighted by atomic mass is 16.2. The number of fused-ring (bicyclic) bond motifs is 1. The van der Waals surface area contributed by atoms with Crippen LogP contribution in [0.2, 0.25) is 0 Å². The molecule has 0 N–H and O–H groups in total. The molecule has 0 aliphatic heterocycles. The Bertz CT molecular complexity index is 586. The van der Waals surface area contributed by atoms with Crippen molar-refractivity contribution in [2.75, 3.05) is 13.6 Å². The van der Waals surface area contributed by atoms with Crippen molar-refractivity contribution in [3.8, 4) is 0 Å². The number of imidazole rings is 1. The van der Waals surface area contributed by atoms with Crippen LogP contribution in [0.3, 0.4) is 0 Å². The van der Waals surface area contributed by atoms with E-state index >= 15 is 0 Å². The maximum atomic E-state index is 12.4. The lowest BCUT2D eigenvalue weighted by atomic mass is 10.2. The van der Waals surface area contributed by atoms with Gasteiger partial charge in [0.25, 0.3) is 5.91 Å². The van der Waals surface area contributed by atoms with Crippen LogP contribution in [0.5, 0.6) is 0 Å². The molecule has 2 aromatic rings. The first-order valence-corrected chi connectivity index (χ1v) is 6.32. The summed E-state index contributed by atoms with van der Waals surface area (Å²) in [6.45, 7) is 6.71. The van der Waals surface area contributed by atoms with Gasteiger partial charge >= 0.3 is 0 Å². The zero-order valence-electron chi connectivity index (χ0n) is 11.4. The molecular weight excluding hydrogens is 226 g/mol. The van der Waals surface area contributed by atoms with Crippen LogP contribution >= 0.6 is 0 Å². The zero-order chi connectivity index (χ0) is 13.3. The van der Waals surface area contributed by atoms with Crippen LogP contribution < -0.4 is 0 Å². The zero-order valence-corrected chi connectivity index (χ0v) is 11.4. The van der Waals surface area contributed by atoms with Crippen molar-refractivity contribution in [2.24, 2.45) is 0 Å². The average molecular weight is 245 g/mol. The smallest absolute Gasteiger partial charge is 0.272 e. The lowest BCUT2D eigenvalue weighted by Crippen LogP contribution is -2.28. The monoisotopic (exact) mass is 245 g/mol. The van der Waals surface area contributed by atoms with Crippen LogP contribution in [0.4, 0.5) is 0 Å². The second-order valence-corrected chi connectivity index (χ2v) is 4.46. The fourth-order valence-electron chi connectivity index (χ4n) is 2.05. The van der Waals surface area contributed by atoms with Gasteiger partial charge < -0.3 is 4.90 Å². The predicted octanol–water partition coefficient (Wildman–Crippen LogP) is 2.30. The Morgan fingerprint density at radius 1 is 1.44 bits per heavy atom. The quantitative estimate of drug-likeness (QED) is 0.832. The third kappa shape index (κ3) is 1.88. The number of hydrogen-bond donors (Lipinski definition) is 0. The van der Waals surface area contributed by atoms with Crippen molar-refractivity contribution >= 4 is 11.6 Å². The minimum absolute atomic E-state index is 0.0347. The molecule has 4 nitrogen and oxygen atoms in total. The molecule has 0 aliphatic carbocycles. The molecule has 0 atom stereocenters. The number of carbonyl (C=O) groups excluding carboxylic acids is 1. The first kappa shape index (κ1) is 12.6. The highest BCUT2D eigenvalue weighted by Gasteiger charge is 2.20. The van der Waals surface area contributed by atoms with E-state index in [-0.39, 0.29) is 5.91 Å². The minimum Gasteiger partial charge on any atom is -0.341 e. The lowest BCUT2D eigenvalue weighted by Gasteiger charge is -2.14. The second-order valence-electron chi connectivity index (χ2n) is 4.46. The number of pyridine rings is 1. The van der Waals surface area contributed by atoms with Crippen LogP contribution in [0.1, 0.15) is 35.6 Å². The average Bonchev–Trinajstić information content (AvgIpc) is 2.76. The summed E-state index contributed by atoms with van der Waals surface area (Å²) in [4.78, 5) is 18.7. The third-order valence-corrected chi connectivity index (χ3v) is 3.28. The molecule has 18 heavy (non-hydrogen) atoms. The molecule has 0 fully saturated rings. The molecule has 1 amide bonds. The molecule has 0 aliphatic rings. The summed E-state index contributed by atoms with van der Waals surface area (Å²) in [5.74, 6) is 0.0347. The van der Waals surface area contributed by atoms with E-state index in [4.69, 9.17) is 0 Å². The molecule has 0 unspecified atom stereocenters. The van der Waals surface area contributed by atoms with Gasteiger partial charge in [-0.05, 0) is 31.9 Å². The maximum Gasteiger partial charge on any atom is 0.272 e. The van der Waals surface area contributed by atoms with Crippen molar-refractivity contribution in [3.05, 3.63) is 35.3 Å². The first-order chi connectivity index (χ1) is 8.60. The van der Waals surface area contributed by atoms with E-state index in [1.165, 1.54) is 0 Å². The Labute approximate surface area is 107 Å². The highest BCUT2D eigenvalue weighted by molar-refractivity contribution is 5.94. The van der Waals surface area contributed by atoms with Gasteiger partial charge in [0.2, 0.25) is 0 Å². The molecule has 0 aromatic carbocycles. The minimum atomic E-state index is 0.0347. The van der Waals surface area contributed by atoms with Gasteiger partial charge in [0.05, 0.1) is 5.69 Å². The summed E-state index contributed by atoms with van der Waals surface area (Å²) in [5, 5.41) is 0. The van der Waals surface area contributed by atoms with E-state index in [0.717, 1.165) is 23.3 Å². The van der Waals surface area contributed by atoms with Gasteiger partial charge in [0, 0.05) is 19.8 Å². The van der Waals surface area contributed by atoms with E-state index in [9.17, 15) is 4.79 Å². The van der Waals surface area contributed by atoms with Gasteiger partial charge in [-0.1, -0.05) is 13.0 Å². The number of nitrogens with zero attached hydrogens (tertiary/aromatic N) is 3. The molecule has 0 saturated carbocycles. The molecule has 4 heteroatoms. The van der Waals surface area contributed by atoms with E-state index in [1.807, 2.05) is 50.5 Å².